The molecule has 2 N–H and O–H groups in total. The summed E-state index contributed by atoms with van der Waals surface area (Å²) in [4.78, 5) is 3.42. The molecule has 0 bridgehead atoms. The Kier molecular flexibility index (Phi) is 6.39. The van der Waals surface area contributed by atoms with Crippen LogP contribution in [0.3, 0.4) is 0 Å². The van der Waals surface area contributed by atoms with Gasteiger partial charge in [0.1, 0.15) is 18.5 Å². The highest BCUT2D eigenvalue weighted by Gasteiger charge is 2.23. The van der Waals surface area contributed by atoms with Gasteiger partial charge in [-0.1, -0.05) is 42.5 Å². The highest BCUT2D eigenvalue weighted by molar-refractivity contribution is 5.47. The van der Waals surface area contributed by atoms with Crippen molar-refractivity contribution in [2.75, 3.05) is 44.2 Å². The molecule has 4 nitrogen and oxygen atoms in total. The summed E-state index contributed by atoms with van der Waals surface area (Å²) in [5, 5.41) is 10.2. The average Bonchev–Trinajstić information content (AvgIpc) is 2.64. The molecule has 1 saturated heterocycles. The molecule has 1 aliphatic heterocycles. The smallest absolute Gasteiger partial charge is 0.146 e. The molecule has 1 atom stereocenters. The maximum absolute atomic E-state index is 13.9. The number of hydrogen-bond acceptors (Lipinski definition) is 3. The van der Waals surface area contributed by atoms with Crippen LogP contribution < -0.4 is 9.80 Å². The van der Waals surface area contributed by atoms with Crippen molar-refractivity contribution in [2.24, 2.45) is 0 Å². The summed E-state index contributed by atoms with van der Waals surface area (Å²) < 4.78 is 19.5. The molecule has 1 heterocycles. The molecule has 0 aliphatic carbocycles. The lowest BCUT2D eigenvalue weighted by molar-refractivity contribution is -0.903. The zero-order chi connectivity index (χ0) is 17.5. The lowest BCUT2D eigenvalue weighted by Gasteiger charge is -2.34. The molecule has 1 fully saturated rings. The minimum Gasteiger partial charge on any atom is -0.385 e. The molecule has 0 radical (unpaired) electrons. The van der Waals surface area contributed by atoms with E-state index in [4.69, 9.17) is 4.74 Å². The normalized spacial score (nSPS) is 16.8. The number of hydrogen-bond donors (Lipinski definition) is 2. The predicted molar refractivity (Wildman–Crippen MR) is 96.3 cm³/mol. The standard InChI is InChI=1S/C20H25FN2O2/c21-19-8-4-5-9-20(19)23-12-10-22(11-13-23)14-18(24)16-25-15-17-6-2-1-3-7-17/h1-9,18,24H,10-16H2/p+1/t18-/m1/s1. The van der Waals surface area contributed by atoms with E-state index in [9.17, 15) is 9.50 Å². The highest BCUT2D eigenvalue weighted by Crippen LogP contribution is 2.18. The van der Waals surface area contributed by atoms with E-state index in [1.54, 1.807) is 6.07 Å². The summed E-state index contributed by atoms with van der Waals surface area (Å²) in [6.07, 6.45) is -0.473. The molecule has 0 amide bonds. The molecule has 3 rings (SSSR count). The van der Waals surface area contributed by atoms with E-state index in [0.717, 1.165) is 31.7 Å². The molecule has 0 saturated carbocycles. The first-order valence-corrected chi connectivity index (χ1v) is 8.85. The second-order valence-corrected chi connectivity index (χ2v) is 6.55. The Balaban J connectivity index is 1.38. The number of benzene rings is 2. The monoisotopic (exact) mass is 345 g/mol. The van der Waals surface area contributed by atoms with Gasteiger partial charge < -0.3 is 19.6 Å². The van der Waals surface area contributed by atoms with Crippen molar-refractivity contribution in [1.29, 1.82) is 0 Å². The van der Waals surface area contributed by atoms with E-state index in [0.29, 0.717) is 25.4 Å². The lowest BCUT2D eigenvalue weighted by Crippen LogP contribution is -3.16. The summed E-state index contributed by atoms with van der Waals surface area (Å²) in [5.41, 5.74) is 1.79. The van der Waals surface area contributed by atoms with Crippen LogP contribution in [-0.4, -0.2) is 50.5 Å². The van der Waals surface area contributed by atoms with Crippen LogP contribution in [-0.2, 0) is 11.3 Å². The Labute approximate surface area is 148 Å². The quantitative estimate of drug-likeness (QED) is 0.789. The number of halogens is 1. The summed E-state index contributed by atoms with van der Waals surface area (Å²) in [5.74, 6) is -0.166. The second-order valence-electron chi connectivity index (χ2n) is 6.55. The fourth-order valence-electron chi connectivity index (χ4n) is 3.26. The third kappa shape index (κ3) is 5.26. The molecule has 2 aromatic carbocycles. The molecule has 2 aromatic rings. The van der Waals surface area contributed by atoms with Gasteiger partial charge in [-0.3, -0.25) is 0 Å². The van der Waals surface area contributed by atoms with Crippen molar-refractivity contribution in [1.82, 2.24) is 0 Å². The number of nitrogens with zero attached hydrogens (tertiary/aromatic N) is 1. The zero-order valence-electron chi connectivity index (χ0n) is 14.4. The minimum absolute atomic E-state index is 0.166. The van der Waals surface area contributed by atoms with E-state index in [1.165, 1.54) is 11.0 Å². The number of rotatable bonds is 7. The molecular weight excluding hydrogens is 319 g/mol. The number of aliphatic hydroxyl groups is 1. The topological polar surface area (TPSA) is 37.1 Å². The zero-order valence-corrected chi connectivity index (χ0v) is 14.4. The largest absolute Gasteiger partial charge is 0.385 e. The first-order chi connectivity index (χ1) is 12.2. The van der Waals surface area contributed by atoms with E-state index >= 15 is 0 Å². The van der Waals surface area contributed by atoms with Crippen molar-refractivity contribution in [3.8, 4) is 0 Å². The van der Waals surface area contributed by atoms with Gasteiger partial charge in [-0.2, -0.15) is 0 Å². The van der Waals surface area contributed by atoms with Gasteiger partial charge in [0.15, 0.2) is 0 Å². The maximum Gasteiger partial charge on any atom is 0.146 e. The average molecular weight is 345 g/mol. The van der Waals surface area contributed by atoms with Crippen molar-refractivity contribution in [3.05, 3.63) is 66.0 Å². The van der Waals surface area contributed by atoms with Gasteiger partial charge in [0.05, 0.1) is 45.1 Å². The Morgan fingerprint density at radius 2 is 1.72 bits per heavy atom. The Bertz CT molecular complexity index is 645. The van der Waals surface area contributed by atoms with Crippen molar-refractivity contribution >= 4 is 5.69 Å². The van der Waals surface area contributed by atoms with Crippen molar-refractivity contribution in [2.45, 2.75) is 12.7 Å². The summed E-state index contributed by atoms with van der Waals surface area (Å²) in [6.45, 7) is 4.92. The molecule has 0 spiro atoms. The fraction of sp³-hybridized carbons (Fsp3) is 0.400. The van der Waals surface area contributed by atoms with Crippen LogP contribution in [0.25, 0.3) is 0 Å². The number of anilines is 1. The Morgan fingerprint density at radius 1 is 1.04 bits per heavy atom. The van der Waals surface area contributed by atoms with Crippen LogP contribution in [0.15, 0.2) is 54.6 Å². The van der Waals surface area contributed by atoms with Gasteiger partial charge >= 0.3 is 0 Å². The molecular formula is C20H26FN2O2+. The van der Waals surface area contributed by atoms with Crippen LogP contribution >= 0.6 is 0 Å². The third-order valence-electron chi connectivity index (χ3n) is 4.61. The van der Waals surface area contributed by atoms with Crippen LogP contribution in [0.1, 0.15) is 5.56 Å². The molecule has 134 valence electrons. The van der Waals surface area contributed by atoms with E-state index < -0.39 is 6.10 Å². The van der Waals surface area contributed by atoms with Crippen LogP contribution in [0.4, 0.5) is 10.1 Å². The first kappa shape index (κ1) is 17.9. The number of piperazine rings is 1. The third-order valence-corrected chi connectivity index (χ3v) is 4.61. The van der Waals surface area contributed by atoms with Gasteiger partial charge in [-0.05, 0) is 17.7 Å². The molecule has 5 heteroatoms. The lowest BCUT2D eigenvalue weighted by atomic mass is 10.2. The summed E-state index contributed by atoms with van der Waals surface area (Å²) >= 11 is 0. The van der Waals surface area contributed by atoms with Crippen LogP contribution in [0.2, 0.25) is 0 Å². The van der Waals surface area contributed by atoms with Gasteiger partial charge in [-0.15, -0.1) is 0 Å². The highest BCUT2D eigenvalue weighted by atomic mass is 19.1. The van der Waals surface area contributed by atoms with E-state index in [-0.39, 0.29) is 5.82 Å². The van der Waals surface area contributed by atoms with Gasteiger partial charge in [0.25, 0.3) is 0 Å². The maximum atomic E-state index is 13.9. The summed E-state index contributed by atoms with van der Waals surface area (Å²) in [6, 6.07) is 16.9. The van der Waals surface area contributed by atoms with E-state index in [1.807, 2.05) is 42.5 Å². The van der Waals surface area contributed by atoms with Gasteiger partial charge in [-0.25, -0.2) is 4.39 Å². The fourth-order valence-corrected chi connectivity index (χ4v) is 3.26. The van der Waals surface area contributed by atoms with Gasteiger partial charge in [0.2, 0.25) is 0 Å². The Morgan fingerprint density at radius 3 is 2.44 bits per heavy atom. The summed E-state index contributed by atoms with van der Waals surface area (Å²) in [7, 11) is 0. The number of quaternary nitrogens is 1. The molecule has 0 unspecified atom stereocenters. The van der Waals surface area contributed by atoms with Crippen molar-refractivity contribution in [3.63, 3.8) is 0 Å². The predicted octanol–water partition coefficient (Wildman–Crippen LogP) is 1.11. The molecule has 0 aromatic heterocycles. The first-order valence-electron chi connectivity index (χ1n) is 8.85. The van der Waals surface area contributed by atoms with Crippen LogP contribution in [0.5, 0.6) is 0 Å². The number of para-hydroxylation sites is 1. The SMILES string of the molecule is O[C@@H](COCc1ccccc1)C[NH+]1CCN(c2ccccc2F)CC1. The number of ether oxygens (including phenoxy) is 1. The second kappa shape index (κ2) is 8.94. The molecule has 25 heavy (non-hydrogen) atoms. The number of nitrogens with one attached hydrogen (secondary N) is 1. The minimum atomic E-state index is -0.473. The van der Waals surface area contributed by atoms with Gasteiger partial charge in [0, 0.05) is 0 Å². The van der Waals surface area contributed by atoms with E-state index in [2.05, 4.69) is 4.90 Å². The van der Waals surface area contributed by atoms with Crippen molar-refractivity contribution < 1.29 is 19.1 Å². The van der Waals surface area contributed by atoms with Crippen LogP contribution in [0, 0.1) is 5.82 Å². The number of aliphatic hydroxyl groups excluding tert-OH is 1. The Hall–Kier alpha value is -1.95. The molecule has 1 aliphatic rings.